The molecule has 3 nitrogen and oxygen atoms in total. The number of para-hydroxylation sites is 3. The quantitative estimate of drug-likeness (QED) is 0.180. The predicted molar refractivity (Wildman–Crippen MR) is 230 cm³/mol. The van der Waals surface area contributed by atoms with Crippen molar-refractivity contribution < 1.29 is 4.42 Å². The molecular weight excluding hydrogens is 669 g/mol. The van der Waals surface area contributed by atoms with E-state index in [4.69, 9.17) is 4.42 Å². The van der Waals surface area contributed by atoms with Crippen molar-refractivity contribution >= 4 is 76.3 Å². The van der Waals surface area contributed by atoms with E-state index >= 15 is 0 Å². The molecule has 0 fully saturated rings. The minimum atomic E-state index is 0.910. The molecule has 13 rings (SSSR count). The van der Waals surface area contributed by atoms with Gasteiger partial charge in [-0.2, -0.15) is 0 Å². The Hall–Kier alpha value is -7.36. The first kappa shape index (κ1) is 29.1. The van der Waals surface area contributed by atoms with Crippen LogP contribution < -0.4 is 0 Å². The number of rotatable bonds is 3. The van der Waals surface area contributed by atoms with Crippen LogP contribution in [-0.4, -0.2) is 9.13 Å². The van der Waals surface area contributed by atoms with Crippen LogP contribution in [0.15, 0.2) is 186 Å². The molecule has 3 aromatic heterocycles. The Morgan fingerprint density at radius 1 is 0.291 bits per heavy atom. The number of furan rings is 1. The van der Waals surface area contributed by atoms with Crippen molar-refractivity contribution in [2.45, 2.75) is 0 Å². The Labute approximate surface area is 315 Å². The molecule has 0 bridgehead atoms. The van der Waals surface area contributed by atoms with Crippen LogP contribution in [0.3, 0.4) is 0 Å². The van der Waals surface area contributed by atoms with Crippen molar-refractivity contribution in [2.75, 3.05) is 0 Å². The maximum Gasteiger partial charge on any atom is 0.136 e. The summed E-state index contributed by atoms with van der Waals surface area (Å²) in [6.07, 6.45) is 0. The standard InChI is InChI=1S/C52H30N2O/c1-2-11-33(12-3-1)53-46-26-23-32(27-41(46)42-30-50-43(28-47(42)53)37-15-7-9-20-49(37)55-50)31-21-24-34(25-22-31)54-45-19-8-6-16-39(45)52-40-18-10-17-38-35-13-4-5-14-36(35)44(51(38)40)29-48(52)54/h1-30H. The molecule has 0 atom stereocenters. The zero-order chi connectivity index (χ0) is 35.8. The van der Waals surface area contributed by atoms with Crippen LogP contribution in [0.5, 0.6) is 0 Å². The number of nitrogens with zero attached hydrogens (tertiary/aromatic N) is 2. The van der Waals surface area contributed by atoms with Gasteiger partial charge in [0.1, 0.15) is 11.2 Å². The molecule has 12 aromatic rings. The second kappa shape index (κ2) is 10.6. The Morgan fingerprint density at radius 2 is 0.927 bits per heavy atom. The largest absolute Gasteiger partial charge is 0.456 e. The lowest BCUT2D eigenvalue weighted by Gasteiger charge is -2.11. The van der Waals surface area contributed by atoms with E-state index in [1.54, 1.807) is 0 Å². The monoisotopic (exact) mass is 698 g/mol. The average Bonchev–Trinajstić information content (AvgIpc) is 3.97. The van der Waals surface area contributed by atoms with E-state index in [2.05, 4.69) is 185 Å². The summed E-state index contributed by atoms with van der Waals surface area (Å²) in [6, 6.07) is 66.5. The topological polar surface area (TPSA) is 23.0 Å². The van der Waals surface area contributed by atoms with Crippen LogP contribution >= 0.6 is 0 Å². The third kappa shape index (κ3) is 3.89. The molecule has 0 aliphatic heterocycles. The fourth-order valence-corrected chi connectivity index (χ4v) is 9.68. The maximum atomic E-state index is 6.40. The third-order valence-electron chi connectivity index (χ3n) is 12.0. The molecule has 0 saturated carbocycles. The Bertz CT molecular complexity index is 3580. The molecule has 1 aliphatic carbocycles. The normalized spacial score (nSPS) is 12.4. The van der Waals surface area contributed by atoms with Crippen molar-refractivity contribution in [2.24, 2.45) is 0 Å². The van der Waals surface area contributed by atoms with Gasteiger partial charge in [-0.1, -0.05) is 115 Å². The highest BCUT2D eigenvalue weighted by Gasteiger charge is 2.25. The average molecular weight is 699 g/mol. The lowest BCUT2D eigenvalue weighted by Crippen LogP contribution is -1.94. The fraction of sp³-hybridized carbons (Fsp3) is 0. The van der Waals surface area contributed by atoms with Gasteiger partial charge in [0.05, 0.1) is 22.1 Å². The van der Waals surface area contributed by atoms with Crippen molar-refractivity contribution in [3.05, 3.63) is 182 Å². The molecule has 254 valence electrons. The SMILES string of the molecule is c1ccc(-n2c3ccc(-c4ccc(-n5c6ccccc6c6c7cccc8c7c(cc65)-c5ccccc5-8)cc4)cc3c3cc4oc5ccccc5c4cc32)cc1. The summed E-state index contributed by atoms with van der Waals surface area (Å²) in [6.45, 7) is 0. The molecule has 9 aromatic carbocycles. The minimum absolute atomic E-state index is 0.910. The summed E-state index contributed by atoms with van der Waals surface area (Å²) in [4.78, 5) is 0. The number of hydrogen-bond acceptors (Lipinski definition) is 1. The molecule has 0 amide bonds. The van der Waals surface area contributed by atoms with E-state index in [-0.39, 0.29) is 0 Å². The summed E-state index contributed by atoms with van der Waals surface area (Å²) < 4.78 is 11.2. The maximum absolute atomic E-state index is 6.40. The smallest absolute Gasteiger partial charge is 0.136 e. The molecule has 1 aliphatic rings. The van der Waals surface area contributed by atoms with Gasteiger partial charge in [-0.15, -0.1) is 0 Å². The Morgan fingerprint density at radius 3 is 1.80 bits per heavy atom. The Kier molecular flexibility index (Phi) is 5.63. The van der Waals surface area contributed by atoms with E-state index < -0.39 is 0 Å². The molecule has 3 heteroatoms. The fourth-order valence-electron chi connectivity index (χ4n) is 9.68. The third-order valence-corrected chi connectivity index (χ3v) is 12.0. The summed E-state index contributed by atoms with van der Waals surface area (Å²) in [5.74, 6) is 0. The molecule has 0 spiro atoms. The summed E-state index contributed by atoms with van der Waals surface area (Å²) in [5, 5.41) is 9.92. The second-order valence-electron chi connectivity index (χ2n) is 14.9. The lowest BCUT2D eigenvalue weighted by atomic mass is 9.98. The van der Waals surface area contributed by atoms with Gasteiger partial charge in [0.2, 0.25) is 0 Å². The van der Waals surface area contributed by atoms with Gasteiger partial charge >= 0.3 is 0 Å². The van der Waals surface area contributed by atoms with Gasteiger partial charge < -0.3 is 13.6 Å². The van der Waals surface area contributed by atoms with Crippen molar-refractivity contribution in [1.29, 1.82) is 0 Å². The first-order valence-electron chi connectivity index (χ1n) is 18.9. The number of hydrogen-bond donors (Lipinski definition) is 0. The Balaban J connectivity index is 1.00. The molecule has 0 N–H and O–H groups in total. The molecule has 3 heterocycles. The van der Waals surface area contributed by atoms with Gasteiger partial charge in [0.15, 0.2) is 0 Å². The lowest BCUT2D eigenvalue weighted by molar-refractivity contribution is 0.669. The molecular formula is C52H30N2O. The number of benzene rings is 9. The number of fused-ring (bicyclic) bond motifs is 13. The van der Waals surface area contributed by atoms with Crippen LogP contribution in [0, 0.1) is 0 Å². The van der Waals surface area contributed by atoms with E-state index in [1.807, 2.05) is 6.07 Å². The van der Waals surface area contributed by atoms with Crippen LogP contribution in [0.25, 0.3) is 121 Å². The van der Waals surface area contributed by atoms with Gasteiger partial charge in [-0.25, -0.2) is 0 Å². The van der Waals surface area contributed by atoms with Gasteiger partial charge in [-0.05, 0) is 111 Å². The summed E-state index contributed by atoms with van der Waals surface area (Å²) >= 11 is 0. The van der Waals surface area contributed by atoms with Crippen LogP contribution in [0.2, 0.25) is 0 Å². The van der Waals surface area contributed by atoms with Crippen molar-refractivity contribution in [1.82, 2.24) is 9.13 Å². The van der Waals surface area contributed by atoms with E-state index in [0.717, 1.165) is 33.3 Å². The molecule has 0 radical (unpaired) electrons. The summed E-state index contributed by atoms with van der Waals surface area (Å²) in [5.41, 5.74) is 16.6. The van der Waals surface area contributed by atoms with E-state index in [1.165, 1.54) is 87.8 Å². The van der Waals surface area contributed by atoms with Gasteiger partial charge in [-0.3, -0.25) is 0 Å². The second-order valence-corrected chi connectivity index (χ2v) is 14.9. The van der Waals surface area contributed by atoms with Crippen LogP contribution in [0.1, 0.15) is 0 Å². The van der Waals surface area contributed by atoms with Crippen molar-refractivity contribution in [3.8, 4) is 44.8 Å². The molecule has 0 saturated heterocycles. The summed E-state index contributed by atoms with van der Waals surface area (Å²) in [7, 11) is 0. The zero-order valence-electron chi connectivity index (χ0n) is 29.6. The van der Waals surface area contributed by atoms with Crippen LogP contribution in [0.4, 0.5) is 0 Å². The van der Waals surface area contributed by atoms with Gasteiger partial charge in [0, 0.05) is 43.7 Å². The highest BCUT2D eigenvalue weighted by Crippen LogP contribution is 2.51. The minimum Gasteiger partial charge on any atom is -0.456 e. The van der Waals surface area contributed by atoms with Crippen molar-refractivity contribution in [3.63, 3.8) is 0 Å². The van der Waals surface area contributed by atoms with Crippen LogP contribution in [-0.2, 0) is 0 Å². The zero-order valence-corrected chi connectivity index (χ0v) is 29.6. The molecule has 55 heavy (non-hydrogen) atoms. The highest BCUT2D eigenvalue weighted by atomic mass is 16.3. The predicted octanol–water partition coefficient (Wildman–Crippen LogP) is 14.2. The van der Waals surface area contributed by atoms with E-state index in [9.17, 15) is 0 Å². The first-order chi connectivity index (χ1) is 27.3. The van der Waals surface area contributed by atoms with Gasteiger partial charge in [0.25, 0.3) is 0 Å². The molecule has 0 unspecified atom stereocenters. The first-order valence-corrected chi connectivity index (χ1v) is 18.9. The number of aromatic nitrogens is 2. The van der Waals surface area contributed by atoms with E-state index in [0.29, 0.717) is 0 Å². The highest BCUT2D eigenvalue weighted by molar-refractivity contribution is 6.29.